The zero-order valence-corrected chi connectivity index (χ0v) is 33.8. The molecule has 0 aliphatic heterocycles. The van der Waals surface area contributed by atoms with Gasteiger partial charge in [-0.05, 0) is 60.9 Å². The van der Waals surface area contributed by atoms with E-state index in [4.69, 9.17) is 9.16 Å². The molecule has 2 aromatic heterocycles. The van der Waals surface area contributed by atoms with Gasteiger partial charge >= 0.3 is 12.1 Å². The maximum Gasteiger partial charge on any atom is 0.407 e. The Kier molecular flexibility index (Phi) is 15.5. The normalized spacial score (nSPS) is 13.5. The van der Waals surface area contributed by atoms with E-state index >= 15 is 0 Å². The molecule has 0 fully saturated rings. The fraction of sp³-hybridized carbons (Fsp3) is 0.462. The van der Waals surface area contributed by atoms with Crippen LogP contribution in [0.5, 0.6) is 0 Å². The molecule has 3 unspecified atom stereocenters. The van der Waals surface area contributed by atoms with E-state index in [0.717, 1.165) is 20.9 Å². The Morgan fingerprint density at radius 1 is 0.846 bits per heavy atom. The van der Waals surface area contributed by atoms with E-state index in [1.54, 1.807) is 35.4 Å². The van der Waals surface area contributed by atoms with Crippen molar-refractivity contribution in [2.45, 2.75) is 96.2 Å². The van der Waals surface area contributed by atoms with Gasteiger partial charge in [0.15, 0.2) is 14.1 Å². The number of alkyl carbamates (subject to hydrolysis) is 1. The molecule has 10 nitrogen and oxygen atoms in total. The molecule has 0 aliphatic carbocycles. The molecule has 0 saturated heterocycles. The van der Waals surface area contributed by atoms with Gasteiger partial charge in [0, 0.05) is 36.8 Å². The van der Waals surface area contributed by atoms with E-state index in [2.05, 4.69) is 66.6 Å². The van der Waals surface area contributed by atoms with Gasteiger partial charge in [0.25, 0.3) is 0 Å². The highest BCUT2D eigenvalue weighted by Gasteiger charge is 2.38. The second-order valence-electron chi connectivity index (χ2n) is 14.8. The number of aromatic nitrogens is 2. The predicted octanol–water partition coefficient (Wildman–Crippen LogP) is 8.27. The third kappa shape index (κ3) is 13.6. The molecule has 4 aromatic rings. The van der Waals surface area contributed by atoms with Crippen LogP contribution in [-0.4, -0.2) is 66.8 Å². The minimum absolute atomic E-state index is 0.0506. The minimum atomic E-state index is -2.23. The lowest BCUT2D eigenvalue weighted by atomic mass is 9.86. The van der Waals surface area contributed by atoms with E-state index in [9.17, 15) is 14.4 Å². The van der Waals surface area contributed by atoms with Crippen molar-refractivity contribution in [3.8, 4) is 0 Å². The quantitative estimate of drug-likeness (QED) is 0.0923. The Labute approximate surface area is 317 Å². The highest BCUT2D eigenvalue weighted by atomic mass is 32.1. The zero-order chi connectivity index (χ0) is 37.6. The summed E-state index contributed by atoms with van der Waals surface area (Å²) in [6.45, 7) is 11.4. The van der Waals surface area contributed by atoms with Gasteiger partial charge in [-0.25, -0.2) is 9.59 Å². The molecule has 2 heterocycles. The van der Waals surface area contributed by atoms with Crippen LogP contribution in [0.1, 0.15) is 60.9 Å². The lowest BCUT2D eigenvalue weighted by Crippen LogP contribution is -2.52. The summed E-state index contributed by atoms with van der Waals surface area (Å²) in [6, 6.07) is 18.8. The first kappa shape index (κ1) is 40.9. The lowest BCUT2D eigenvalue weighted by Gasteiger charge is -2.37. The van der Waals surface area contributed by atoms with Crippen molar-refractivity contribution >= 4 is 48.9 Å². The van der Waals surface area contributed by atoms with Crippen molar-refractivity contribution in [3.63, 3.8) is 0 Å². The first-order valence-corrected chi connectivity index (χ1v) is 22.4. The van der Waals surface area contributed by atoms with Gasteiger partial charge in [-0.2, -0.15) is 0 Å². The Bertz CT molecular complexity index is 1650. The highest BCUT2D eigenvalue weighted by molar-refractivity contribution is 7.09. The second-order valence-corrected chi connectivity index (χ2v) is 21.5. The topological polar surface area (TPSA) is 123 Å². The molecule has 13 heteroatoms. The van der Waals surface area contributed by atoms with Gasteiger partial charge in [0.05, 0.1) is 29.0 Å². The van der Waals surface area contributed by atoms with Crippen molar-refractivity contribution < 1.29 is 23.5 Å². The molecular weight excluding hydrogens is 711 g/mol. The SMILES string of the molecule is CN(Cc1cncs1)C(=O)NC(CO[Si](C)(C)C(C)(C)C)C(=O)CC(CCC(Cc1ccccc1)NC(=O)OCc1cncs1)Cc1ccccc1. The molecule has 3 amide bonds. The molecule has 2 N–H and O–H groups in total. The Morgan fingerprint density at radius 3 is 2.02 bits per heavy atom. The van der Waals surface area contributed by atoms with Crippen LogP contribution in [0.15, 0.2) is 84.1 Å². The number of carbonyl (C=O) groups excluding carboxylic acids is 3. The van der Waals surface area contributed by atoms with E-state index in [0.29, 0.717) is 32.2 Å². The first-order valence-electron chi connectivity index (χ1n) is 17.7. The Balaban J connectivity index is 1.50. The van der Waals surface area contributed by atoms with Crippen molar-refractivity contribution in [1.29, 1.82) is 0 Å². The molecule has 0 spiro atoms. The summed E-state index contributed by atoms with van der Waals surface area (Å²) in [7, 11) is -0.517. The monoisotopic (exact) mass is 763 g/mol. The van der Waals surface area contributed by atoms with Crippen molar-refractivity contribution in [1.82, 2.24) is 25.5 Å². The number of hydrogen-bond donors (Lipinski definition) is 2. The summed E-state index contributed by atoms with van der Waals surface area (Å²) in [4.78, 5) is 52.3. The largest absolute Gasteiger partial charge is 0.444 e. The van der Waals surface area contributed by atoms with Gasteiger partial charge < -0.3 is 24.7 Å². The van der Waals surface area contributed by atoms with Gasteiger partial charge in [-0.1, -0.05) is 81.4 Å². The smallest absolute Gasteiger partial charge is 0.407 e. The maximum atomic E-state index is 14.3. The summed E-state index contributed by atoms with van der Waals surface area (Å²) in [5, 5.41) is 6.04. The van der Waals surface area contributed by atoms with Gasteiger partial charge in [0.1, 0.15) is 12.6 Å². The fourth-order valence-electron chi connectivity index (χ4n) is 5.48. The van der Waals surface area contributed by atoms with Crippen LogP contribution in [-0.2, 0) is 40.0 Å². The van der Waals surface area contributed by atoms with Crippen LogP contribution in [0.3, 0.4) is 0 Å². The molecule has 3 atom stereocenters. The van der Waals surface area contributed by atoms with E-state index in [1.807, 2.05) is 48.5 Å². The predicted molar refractivity (Wildman–Crippen MR) is 211 cm³/mol. The Morgan fingerprint density at radius 2 is 1.44 bits per heavy atom. The van der Waals surface area contributed by atoms with Crippen molar-refractivity contribution in [2.24, 2.45) is 5.92 Å². The molecule has 0 aliphatic rings. The number of benzene rings is 2. The average Bonchev–Trinajstić information content (AvgIpc) is 3.83. The summed E-state index contributed by atoms with van der Waals surface area (Å²) in [5.41, 5.74) is 5.66. The van der Waals surface area contributed by atoms with Crippen molar-refractivity contribution in [3.05, 3.63) is 105 Å². The van der Waals surface area contributed by atoms with E-state index in [1.165, 1.54) is 22.7 Å². The molecular formula is C39H53N5O5S2Si. The number of ketones is 1. The van der Waals surface area contributed by atoms with Gasteiger partial charge in [-0.15, -0.1) is 22.7 Å². The van der Waals surface area contributed by atoms with Gasteiger partial charge in [-0.3, -0.25) is 14.8 Å². The third-order valence-electron chi connectivity index (χ3n) is 9.58. The summed E-state index contributed by atoms with van der Waals surface area (Å²) < 4.78 is 12.1. The second kappa shape index (κ2) is 19.8. The molecule has 4 rings (SSSR count). The fourth-order valence-corrected chi connectivity index (χ4v) is 7.65. The number of Topliss-reactive ketones (excluding diaryl/α,β-unsaturated/α-hetero) is 1. The molecule has 0 bridgehead atoms. The van der Waals surface area contributed by atoms with Crippen LogP contribution in [0.4, 0.5) is 9.59 Å². The van der Waals surface area contributed by atoms with E-state index in [-0.39, 0.29) is 48.4 Å². The minimum Gasteiger partial charge on any atom is -0.444 e. The highest BCUT2D eigenvalue weighted by Crippen LogP contribution is 2.36. The molecule has 0 saturated carbocycles. The molecule has 280 valence electrons. The molecule has 0 radical (unpaired) electrons. The van der Waals surface area contributed by atoms with Crippen LogP contribution >= 0.6 is 22.7 Å². The van der Waals surface area contributed by atoms with Gasteiger partial charge in [0.2, 0.25) is 0 Å². The standard InChI is InChI=1S/C39H53N5O5S2Si/c1-39(2,3)52(5,6)49-26-35(43-37(46)44(4)24-33-22-40-27-50-33)36(45)21-31(19-29-13-9-7-10-14-29)17-18-32(20-30-15-11-8-12-16-30)42-38(47)48-25-34-23-41-28-51-34/h7-16,22-23,27-28,31-32,35H,17-21,24-26H2,1-6H3,(H,42,47)(H,43,46). The third-order valence-corrected chi connectivity index (χ3v) is 15.6. The zero-order valence-electron chi connectivity index (χ0n) is 31.2. The number of amides is 3. The number of nitrogens with zero attached hydrogens (tertiary/aromatic N) is 3. The number of rotatable bonds is 19. The number of hydrogen-bond acceptors (Lipinski definition) is 9. The van der Waals surface area contributed by atoms with Crippen LogP contribution in [0, 0.1) is 5.92 Å². The number of carbonyl (C=O) groups is 3. The molecule has 52 heavy (non-hydrogen) atoms. The number of ether oxygens (including phenoxy) is 1. The van der Waals surface area contributed by atoms with Crippen LogP contribution in [0.2, 0.25) is 18.1 Å². The van der Waals surface area contributed by atoms with Crippen LogP contribution in [0.25, 0.3) is 0 Å². The summed E-state index contributed by atoms with van der Waals surface area (Å²) in [5.74, 6) is -0.124. The summed E-state index contributed by atoms with van der Waals surface area (Å²) in [6.07, 6.45) is 5.78. The lowest BCUT2D eigenvalue weighted by molar-refractivity contribution is -0.122. The number of thiazole rings is 2. The summed E-state index contributed by atoms with van der Waals surface area (Å²) >= 11 is 2.91. The van der Waals surface area contributed by atoms with E-state index < -0.39 is 20.5 Å². The number of nitrogens with one attached hydrogen (secondary N) is 2. The number of urea groups is 1. The van der Waals surface area contributed by atoms with Crippen LogP contribution < -0.4 is 10.6 Å². The molecule has 2 aromatic carbocycles. The first-order chi connectivity index (χ1) is 24.8. The average molecular weight is 764 g/mol. The van der Waals surface area contributed by atoms with Crippen molar-refractivity contribution in [2.75, 3.05) is 13.7 Å². The Hall–Kier alpha value is -3.91. The maximum absolute atomic E-state index is 14.3.